The van der Waals surface area contributed by atoms with Crippen molar-refractivity contribution < 1.29 is 19.0 Å². The Balaban J connectivity index is 0.00000316. The largest absolute Gasteiger partial charge is 0.484 e. The van der Waals surface area contributed by atoms with Crippen molar-refractivity contribution in [3.05, 3.63) is 83.7 Å². The molecular weight excluding hydrogens is 457 g/mol. The average molecular weight is 498 g/mol. The van der Waals surface area contributed by atoms with Crippen LogP contribution in [0.2, 0.25) is 0 Å². The first-order valence-corrected chi connectivity index (χ1v) is 12.2. The van der Waals surface area contributed by atoms with Crippen molar-refractivity contribution in [1.29, 1.82) is 5.41 Å². The summed E-state index contributed by atoms with van der Waals surface area (Å²) in [6.07, 6.45) is 5.16. The van der Waals surface area contributed by atoms with Crippen LogP contribution in [-0.4, -0.2) is 34.9 Å². The van der Waals surface area contributed by atoms with Crippen molar-refractivity contribution in [1.82, 2.24) is 5.32 Å². The van der Waals surface area contributed by atoms with E-state index in [0.717, 1.165) is 5.56 Å². The molecule has 0 saturated heterocycles. The summed E-state index contributed by atoms with van der Waals surface area (Å²) in [6.45, 7) is 12.2. The maximum Gasteiger partial charge on any atom is 0.251 e. The third-order valence-corrected chi connectivity index (χ3v) is 5.14. The van der Waals surface area contributed by atoms with E-state index in [9.17, 15) is 14.3 Å². The molecule has 0 radical (unpaired) electrons. The molecule has 4 N–H and O–H groups in total. The predicted molar refractivity (Wildman–Crippen MR) is 146 cm³/mol. The summed E-state index contributed by atoms with van der Waals surface area (Å²) in [5.41, 5.74) is 0.649. The van der Waals surface area contributed by atoms with Crippen LogP contribution in [0.5, 0.6) is 5.75 Å². The van der Waals surface area contributed by atoms with Gasteiger partial charge in [0.05, 0.1) is 6.04 Å². The van der Waals surface area contributed by atoms with Gasteiger partial charge in [0, 0.05) is 23.5 Å². The predicted octanol–water partition coefficient (Wildman–Crippen LogP) is 6.34. The molecule has 0 heterocycles. The molecule has 7 heteroatoms. The maximum absolute atomic E-state index is 13.4. The number of amides is 1. The van der Waals surface area contributed by atoms with Crippen molar-refractivity contribution in [3.8, 4) is 5.75 Å². The molecule has 0 aromatic heterocycles. The third kappa shape index (κ3) is 9.66. The van der Waals surface area contributed by atoms with Gasteiger partial charge in [0.1, 0.15) is 23.3 Å². The smallest absolute Gasteiger partial charge is 0.251 e. The molecule has 3 atom stereocenters. The van der Waals surface area contributed by atoms with Crippen molar-refractivity contribution in [2.24, 2.45) is 0 Å². The normalized spacial score (nSPS) is 14.2. The van der Waals surface area contributed by atoms with E-state index in [1.54, 1.807) is 31.2 Å². The van der Waals surface area contributed by atoms with E-state index < -0.39 is 23.7 Å². The summed E-state index contributed by atoms with van der Waals surface area (Å²) in [5.74, 6) is -0.298. The highest BCUT2D eigenvalue weighted by Crippen LogP contribution is 2.28. The van der Waals surface area contributed by atoms with Crippen LogP contribution in [0.3, 0.4) is 0 Å². The zero-order valence-corrected chi connectivity index (χ0v) is 22.3. The number of rotatable bonds is 11. The molecule has 2 aromatic carbocycles. The van der Waals surface area contributed by atoms with Crippen LogP contribution < -0.4 is 15.4 Å². The van der Waals surface area contributed by atoms with Gasteiger partial charge in [-0.05, 0) is 64.5 Å². The minimum atomic E-state index is -1.52. The fraction of sp³-hybridized carbons (Fsp3) is 0.379. The molecule has 2 unspecified atom stereocenters. The Morgan fingerprint density at radius 3 is 2.33 bits per heavy atom. The van der Waals surface area contributed by atoms with Gasteiger partial charge in [-0.1, -0.05) is 56.3 Å². The van der Waals surface area contributed by atoms with Crippen molar-refractivity contribution in [3.63, 3.8) is 0 Å². The lowest BCUT2D eigenvalue weighted by Gasteiger charge is -2.29. The van der Waals surface area contributed by atoms with E-state index in [-0.39, 0.29) is 11.9 Å². The standard InChI is InChI=1S/C27H34FN3O3.C2H6/c1-6-22(28)13-12-18(2)30-24-15-14-23(16-21(24)17-29)34-25(20-10-8-7-9-11-20)19(3)31-26(32)27(4,5)33;1-2/h6-19,25,29-30,33H,1-5H3,(H,31,32);1-2H3/b13-12-,22-6+,29-17?;/t18?,19?,25-;/m0./s1. The van der Waals surface area contributed by atoms with E-state index in [4.69, 9.17) is 10.1 Å². The van der Waals surface area contributed by atoms with Gasteiger partial charge in [0.2, 0.25) is 0 Å². The van der Waals surface area contributed by atoms with Crippen LogP contribution >= 0.6 is 0 Å². The lowest BCUT2D eigenvalue weighted by atomic mass is 10.0. The number of allylic oxidation sites excluding steroid dienone is 3. The van der Waals surface area contributed by atoms with Gasteiger partial charge in [-0.2, -0.15) is 0 Å². The quantitative estimate of drug-likeness (QED) is 0.215. The Morgan fingerprint density at radius 1 is 1.14 bits per heavy atom. The van der Waals surface area contributed by atoms with Gasteiger partial charge >= 0.3 is 0 Å². The Kier molecular flexibility index (Phi) is 12.6. The third-order valence-electron chi connectivity index (χ3n) is 5.14. The minimum Gasteiger partial charge on any atom is -0.484 e. The van der Waals surface area contributed by atoms with Gasteiger partial charge in [0.25, 0.3) is 5.91 Å². The second-order valence-electron chi connectivity index (χ2n) is 8.63. The molecule has 0 bridgehead atoms. The molecule has 196 valence electrons. The molecule has 0 aliphatic heterocycles. The van der Waals surface area contributed by atoms with E-state index in [1.165, 1.54) is 32.2 Å². The SMILES string of the molecule is C/C=C(F)\C=C/C(C)Nc1ccc(O[C@H](c2ccccc2)C(C)NC(=O)C(C)(C)O)cc1C=N.CC. The van der Waals surface area contributed by atoms with Crippen molar-refractivity contribution in [2.75, 3.05) is 5.32 Å². The highest BCUT2D eigenvalue weighted by atomic mass is 19.1. The van der Waals surface area contributed by atoms with Crippen LogP contribution in [0.15, 0.2) is 72.6 Å². The minimum absolute atomic E-state index is 0.162. The number of anilines is 1. The lowest BCUT2D eigenvalue weighted by molar-refractivity contribution is -0.137. The van der Waals surface area contributed by atoms with Gasteiger partial charge in [-0.15, -0.1) is 0 Å². The molecule has 2 rings (SSSR count). The molecular formula is C29H40FN3O3. The summed E-state index contributed by atoms with van der Waals surface area (Å²) in [7, 11) is 0. The number of halogens is 1. The Bertz CT molecular complexity index is 1030. The zero-order chi connectivity index (χ0) is 27.3. The summed E-state index contributed by atoms with van der Waals surface area (Å²) < 4.78 is 19.6. The topological polar surface area (TPSA) is 94.4 Å². The van der Waals surface area contributed by atoms with Crippen molar-refractivity contribution in [2.45, 2.75) is 72.3 Å². The molecule has 2 aromatic rings. The number of benzene rings is 2. The lowest BCUT2D eigenvalue weighted by Crippen LogP contribution is -2.48. The van der Waals surface area contributed by atoms with Crippen molar-refractivity contribution >= 4 is 17.8 Å². The number of hydrogen-bond donors (Lipinski definition) is 4. The molecule has 0 fully saturated rings. The van der Waals surface area contributed by atoms with Gasteiger partial charge in [0.15, 0.2) is 0 Å². The van der Waals surface area contributed by atoms with Gasteiger partial charge in [-0.25, -0.2) is 4.39 Å². The van der Waals surface area contributed by atoms with Crippen LogP contribution in [0.4, 0.5) is 10.1 Å². The first kappa shape index (κ1) is 30.6. The van der Waals surface area contributed by atoms with E-state index in [0.29, 0.717) is 17.0 Å². The second kappa shape index (κ2) is 14.8. The van der Waals surface area contributed by atoms with Crippen LogP contribution in [-0.2, 0) is 4.79 Å². The first-order valence-electron chi connectivity index (χ1n) is 12.2. The maximum atomic E-state index is 13.4. The summed E-state index contributed by atoms with van der Waals surface area (Å²) >= 11 is 0. The highest BCUT2D eigenvalue weighted by molar-refractivity contribution is 5.86. The molecule has 0 aliphatic carbocycles. The number of nitrogens with one attached hydrogen (secondary N) is 3. The number of hydrogen-bond acceptors (Lipinski definition) is 5. The molecule has 0 aliphatic rings. The summed E-state index contributed by atoms with van der Waals surface area (Å²) in [6, 6.07) is 14.2. The van der Waals surface area contributed by atoms with E-state index in [1.807, 2.05) is 58.0 Å². The van der Waals surface area contributed by atoms with E-state index in [2.05, 4.69) is 10.6 Å². The molecule has 6 nitrogen and oxygen atoms in total. The number of carbonyl (C=O) groups excluding carboxylic acids is 1. The number of aliphatic hydroxyl groups is 1. The average Bonchev–Trinajstić information content (AvgIpc) is 2.87. The van der Waals surface area contributed by atoms with Crippen LogP contribution in [0.25, 0.3) is 0 Å². The van der Waals surface area contributed by atoms with Gasteiger partial charge < -0.3 is 25.9 Å². The molecule has 36 heavy (non-hydrogen) atoms. The molecule has 0 spiro atoms. The Hall–Kier alpha value is -3.45. The second-order valence-corrected chi connectivity index (χ2v) is 8.63. The van der Waals surface area contributed by atoms with E-state index >= 15 is 0 Å². The molecule has 1 amide bonds. The Labute approximate surface area is 214 Å². The van der Waals surface area contributed by atoms with Crippen LogP contribution in [0, 0.1) is 5.41 Å². The number of carbonyl (C=O) groups is 1. The fourth-order valence-electron chi connectivity index (χ4n) is 3.20. The fourth-order valence-corrected chi connectivity index (χ4v) is 3.20. The first-order chi connectivity index (χ1) is 17.0. The monoisotopic (exact) mass is 497 g/mol. The highest BCUT2D eigenvalue weighted by Gasteiger charge is 2.29. The Morgan fingerprint density at radius 2 is 1.78 bits per heavy atom. The zero-order valence-electron chi connectivity index (χ0n) is 22.3. The molecule has 0 saturated carbocycles. The van der Waals surface area contributed by atoms with Gasteiger partial charge in [-0.3, -0.25) is 4.79 Å². The number of ether oxygens (including phenoxy) is 1. The summed E-state index contributed by atoms with van der Waals surface area (Å²) in [4.78, 5) is 12.3. The van der Waals surface area contributed by atoms with Crippen LogP contribution in [0.1, 0.15) is 65.7 Å². The summed E-state index contributed by atoms with van der Waals surface area (Å²) in [5, 5.41) is 23.9.